The van der Waals surface area contributed by atoms with E-state index in [9.17, 15) is 13.2 Å². The lowest BCUT2D eigenvalue weighted by Crippen LogP contribution is -2.36. The van der Waals surface area contributed by atoms with Crippen LogP contribution in [0, 0.1) is 13.8 Å². The minimum atomic E-state index is -3.72. The first-order valence-corrected chi connectivity index (χ1v) is 11.9. The van der Waals surface area contributed by atoms with E-state index in [4.69, 9.17) is 4.74 Å². The second-order valence-electron chi connectivity index (χ2n) is 7.23. The van der Waals surface area contributed by atoms with Gasteiger partial charge in [-0.15, -0.1) is 0 Å². The zero-order valence-electron chi connectivity index (χ0n) is 17.1. The minimum Gasteiger partial charge on any atom is -0.492 e. The van der Waals surface area contributed by atoms with E-state index in [1.165, 1.54) is 5.56 Å². The highest BCUT2D eigenvalue weighted by Crippen LogP contribution is 2.22. The molecule has 1 aromatic heterocycles. The number of ether oxygens (including phenoxy) is 1. The van der Waals surface area contributed by atoms with E-state index in [0.29, 0.717) is 17.0 Å². The molecule has 0 radical (unpaired) electrons. The van der Waals surface area contributed by atoms with Crippen LogP contribution in [0.5, 0.6) is 5.75 Å². The van der Waals surface area contributed by atoms with Crippen molar-refractivity contribution in [3.05, 3.63) is 57.2 Å². The summed E-state index contributed by atoms with van der Waals surface area (Å²) in [6, 6.07) is 10.2. The summed E-state index contributed by atoms with van der Waals surface area (Å²) in [6.45, 7) is 8.62. The fraction of sp³-hybridized carbons (Fsp3) is 0.381. The van der Waals surface area contributed by atoms with Gasteiger partial charge in [-0.25, -0.2) is 13.1 Å². The predicted octanol–water partition coefficient (Wildman–Crippen LogP) is 3.84. The Labute approximate surface area is 175 Å². The zero-order chi connectivity index (χ0) is 21.2. The normalized spacial score (nSPS) is 13.0. The second kappa shape index (κ2) is 8.69. The monoisotopic (exact) mass is 434 g/mol. The third kappa shape index (κ3) is 4.88. The fourth-order valence-corrected chi connectivity index (χ4v) is 5.33. The third-order valence-electron chi connectivity index (χ3n) is 4.73. The Bertz CT molecular complexity index is 1180. The summed E-state index contributed by atoms with van der Waals surface area (Å²) in [7, 11) is -3.72. The maximum Gasteiger partial charge on any atom is 0.308 e. The van der Waals surface area contributed by atoms with Crippen molar-refractivity contribution in [2.75, 3.05) is 6.61 Å². The maximum absolute atomic E-state index is 12.8. The molecule has 1 N–H and O–H groups in total. The van der Waals surface area contributed by atoms with Crippen LogP contribution in [0.3, 0.4) is 0 Å². The average molecular weight is 435 g/mol. The Balaban J connectivity index is 1.72. The zero-order valence-corrected chi connectivity index (χ0v) is 18.7. The molecule has 0 aliphatic rings. The molecule has 6 nitrogen and oxygen atoms in total. The summed E-state index contributed by atoms with van der Waals surface area (Å²) in [6.07, 6.45) is 0.839. The summed E-state index contributed by atoms with van der Waals surface area (Å²) in [5.74, 6) is 0.711. The molecule has 0 unspecified atom stereocenters. The fourth-order valence-electron chi connectivity index (χ4n) is 3.04. The first-order valence-electron chi connectivity index (χ1n) is 9.57. The Hall–Kier alpha value is -2.16. The van der Waals surface area contributed by atoms with Crippen molar-refractivity contribution < 1.29 is 13.2 Å². The van der Waals surface area contributed by atoms with Crippen LogP contribution in [0.15, 0.2) is 46.1 Å². The lowest BCUT2D eigenvalue weighted by molar-refractivity contribution is 0.287. The van der Waals surface area contributed by atoms with Crippen LogP contribution in [0.2, 0.25) is 0 Å². The molecule has 1 heterocycles. The van der Waals surface area contributed by atoms with Crippen molar-refractivity contribution in [2.45, 2.75) is 51.6 Å². The standard InChI is InChI=1S/C21H26N2O4S2/c1-5-10-23-19-9-8-18(12-20(19)28-21(23)24)29(25,26)22-16(4)13-27-17-7-6-14(2)15(3)11-17/h6-9,11-12,16,22H,5,10,13H2,1-4H3/t16-/m0/s1. The summed E-state index contributed by atoms with van der Waals surface area (Å²) >= 11 is 1.07. The van der Waals surface area contributed by atoms with E-state index in [0.717, 1.165) is 28.8 Å². The van der Waals surface area contributed by atoms with Crippen molar-refractivity contribution in [3.63, 3.8) is 0 Å². The molecule has 0 amide bonds. The highest BCUT2D eigenvalue weighted by atomic mass is 32.2. The van der Waals surface area contributed by atoms with Crippen molar-refractivity contribution in [3.8, 4) is 5.75 Å². The molecule has 0 saturated carbocycles. The summed E-state index contributed by atoms with van der Waals surface area (Å²) < 4.78 is 36.3. The van der Waals surface area contributed by atoms with Gasteiger partial charge in [-0.3, -0.25) is 9.36 Å². The van der Waals surface area contributed by atoms with E-state index in [2.05, 4.69) is 4.72 Å². The molecule has 0 spiro atoms. The SMILES string of the molecule is CCCn1c(=O)sc2cc(S(=O)(=O)N[C@@H](C)COc3ccc(C)c(C)c3)ccc21. The molecular formula is C21H26N2O4S2. The number of hydrogen-bond acceptors (Lipinski definition) is 5. The molecule has 3 rings (SSSR count). The first-order chi connectivity index (χ1) is 13.7. The number of nitrogens with one attached hydrogen (secondary N) is 1. The van der Waals surface area contributed by atoms with Crippen LogP contribution in [0.4, 0.5) is 0 Å². The van der Waals surface area contributed by atoms with Crippen LogP contribution in [-0.2, 0) is 16.6 Å². The smallest absolute Gasteiger partial charge is 0.308 e. The molecule has 29 heavy (non-hydrogen) atoms. The molecule has 0 saturated heterocycles. The van der Waals surface area contributed by atoms with E-state index in [1.54, 1.807) is 29.7 Å². The van der Waals surface area contributed by atoms with Gasteiger partial charge >= 0.3 is 4.87 Å². The van der Waals surface area contributed by atoms with Crippen molar-refractivity contribution >= 4 is 31.6 Å². The molecule has 156 valence electrons. The summed E-state index contributed by atoms with van der Waals surface area (Å²) in [5, 5.41) is 0. The van der Waals surface area contributed by atoms with Crippen LogP contribution in [-0.4, -0.2) is 25.6 Å². The van der Waals surface area contributed by atoms with Gasteiger partial charge in [-0.05, 0) is 68.7 Å². The van der Waals surface area contributed by atoms with Crippen LogP contribution >= 0.6 is 11.3 Å². The van der Waals surface area contributed by atoms with Gasteiger partial charge < -0.3 is 4.74 Å². The Morgan fingerprint density at radius 2 is 1.90 bits per heavy atom. The number of nitrogens with zero attached hydrogens (tertiary/aromatic N) is 1. The van der Waals surface area contributed by atoms with Crippen LogP contribution < -0.4 is 14.3 Å². The quantitative estimate of drug-likeness (QED) is 0.584. The van der Waals surface area contributed by atoms with E-state index >= 15 is 0 Å². The first kappa shape index (κ1) is 21.5. The van der Waals surface area contributed by atoms with Crippen molar-refractivity contribution in [1.82, 2.24) is 9.29 Å². The van der Waals surface area contributed by atoms with Gasteiger partial charge in [0.1, 0.15) is 12.4 Å². The summed E-state index contributed by atoms with van der Waals surface area (Å²) in [5.41, 5.74) is 3.07. The number of sulfonamides is 1. The van der Waals surface area contributed by atoms with Crippen molar-refractivity contribution in [1.29, 1.82) is 0 Å². The van der Waals surface area contributed by atoms with Gasteiger partial charge in [0.05, 0.1) is 21.2 Å². The molecule has 0 aliphatic heterocycles. The lowest BCUT2D eigenvalue weighted by atomic mass is 10.1. The Morgan fingerprint density at radius 1 is 1.14 bits per heavy atom. The molecular weight excluding hydrogens is 408 g/mol. The lowest BCUT2D eigenvalue weighted by Gasteiger charge is -2.16. The number of aromatic nitrogens is 1. The van der Waals surface area contributed by atoms with Gasteiger partial charge in [0.15, 0.2) is 0 Å². The van der Waals surface area contributed by atoms with E-state index in [-0.39, 0.29) is 16.4 Å². The molecule has 3 aromatic rings. The minimum absolute atomic E-state index is 0.0699. The largest absolute Gasteiger partial charge is 0.492 e. The van der Waals surface area contributed by atoms with Crippen molar-refractivity contribution in [2.24, 2.45) is 0 Å². The molecule has 0 fully saturated rings. The molecule has 0 bridgehead atoms. The third-order valence-corrected chi connectivity index (χ3v) is 7.26. The summed E-state index contributed by atoms with van der Waals surface area (Å²) in [4.78, 5) is 12.2. The number of fused-ring (bicyclic) bond motifs is 1. The Kier molecular flexibility index (Phi) is 6.45. The number of benzene rings is 2. The highest BCUT2D eigenvalue weighted by Gasteiger charge is 2.19. The topological polar surface area (TPSA) is 77.4 Å². The highest BCUT2D eigenvalue weighted by molar-refractivity contribution is 7.89. The molecule has 0 aliphatic carbocycles. The van der Waals surface area contributed by atoms with Gasteiger partial charge in [0.25, 0.3) is 0 Å². The van der Waals surface area contributed by atoms with Gasteiger partial charge in [-0.1, -0.05) is 24.3 Å². The average Bonchev–Trinajstić information content (AvgIpc) is 2.97. The molecule has 2 aromatic carbocycles. The maximum atomic E-state index is 12.8. The molecule has 8 heteroatoms. The predicted molar refractivity (Wildman–Crippen MR) is 118 cm³/mol. The van der Waals surface area contributed by atoms with Gasteiger partial charge in [0.2, 0.25) is 10.0 Å². The molecule has 1 atom stereocenters. The number of rotatable bonds is 8. The van der Waals surface area contributed by atoms with Crippen LogP contribution in [0.1, 0.15) is 31.4 Å². The number of aryl methyl sites for hydroxylation is 3. The van der Waals surface area contributed by atoms with Gasteiger partial charge in [0, 0.05) is 6.54 Å². The number of thiazole rings is 1. The van der Waals surface area contributed by atoms with Gasteiger partial charge in [-0.2, -0.15) is 0 Å². The second-order valence-corrected chi connectivity index (χ2v) is 9.94. The Morgan fingerprint density at radius 3 is 2.59 bits per heavy atom. The number of hydrogen-bond donors (Lipinski definition) is 1. The van der Waals surface area contributed by atoms with Crippen LogP contribution in [0.25, 0.3) is 10.2 Å². The van der Waals surface area contributed by atoms with E-state index in [1.807, 2.05) is 39.0 Å². The van der Waals surface area contributed by atoms with E-state index < -0.39 is 16.1 Å².